The first kappa shape index (κ1) is 20.0. The topological polar surface area (TPSA) is 96.0 Å². The number of aromatic nitrogens is 2. The molecule has 2 aromatic heterocycles. The van der Waals surface area contributed by atoms with Crippen LogP contribution in [0.4, 0.5) is 20.7 Å². The number of carbonyl (C=O) groups is 2. The Labute approximate surface area is 181 Å². The van der Waals surface area contributed by atoms with E-state index in [1.54, 1.807) is 5.38 Å². The summed E-state index contributed by atoms with van der Waals surface area (Å²) < 4.78 is 1.03. The Kier molecular flexibility index (Phi) is 5.73. The third-order valence-corrected chi connectivity index (χ3v) is 6.00. The van der Waals surface area contributed by atoms with Gasteiger partial charge in [0, 0.05) is 11.1 Å². The van der Waals surface area contributed by atoms with Gasteiger partial charge in [-0.1, -0.05) is 35.6 Å². The lowest BCUT2D eigenvalue weighted by atomic mass is 10.2. The molecule has 0 radical (unpaired) electrons. The van der Waals surface area contributed by atoms with Crippen molar-refractivity contribution in [2.24, 2.45) is 0 Å². The van der Waals surface area contributed by atoms with Crippen molar-refractivity contribution in [3.63, 3.8) is 0 Å². The zero-order chi connectivity index (χ0) is 21.1. The number of nitrogens with one attached hydrogen (secondary N) is 3. The van der Waals surface area contributed by atoms with E-state index in [4.69, 9.17) is 0 Å². The molecule has 30 heavy (non-hydrogen) atoms. The molecule has 4 aromatic rings. The number of carbonyl (C=O) groups excluding carboxylic acids is 2. The lowest BCUT2D eigenvalue weighted by Gasteiger charge is -2.05. The highest BCUT2D eigenvalue weighted by atomic mass is 32.1. The van der Waals surface area contributed by atoms with Gasteiger partial charge in [0.2, 0.25) is 5.91 Å². The Morgan fingerprint density at radius 1 is 0.967 bits per heavy atom. The Morgan fingerprint density at radius 3 is 2.60 bits per heavy atom. The van der Waals surface area contributed by atoms with Crippen LogP contribution in [-0.4, -0.2) is 21.9 Å². The smallest absolute Gasteiger partial charge is 0.308 e. The van der Waals surface area contributed by atoms with Gasteiger partial charge in [-0.3, -0.25) is 10.1 Å². The SMILES string of the molecule is Cc1cccc(NC(=O)Nc2nc(CC(=O)Nc3nc4c(C)cccc4s3)cs2)c1. The van der Waals surface area contributed by atoms with Crippen LogP contribution in [0.2, 0.25) is 0 Å². The van der Waals surface area contributed by atoms with Crippen LogP contribution < -0.4 is 16.0 Å². The number of para-hydroxylation sites is 1. The normalized spacial score (nSPS) is 10.7. The van der Waals surface area contributed by atoms with Gasteiger partial charge in [-0.25, -0.2) is 14.8 Å². The first-order chi connectivity index (χ1) is 14.5. The number of amides is 3. The van der Waals surface area contributed by atoms with Crippen molar-refractivity contribution < 1.29 is 9.59 Å². The fourth-order valence-corrected chi connectivity index (χ4v) is 4.56. The van der Waals surface area contributed by atoms with Crippen molar-refractivity contribution in [2.45, 2.75) is 20.3 Å². The molecule has 7 nitrogen and oxygen atoms in total. The number of urea groups is 1. The van der Waals surface area contributed by atoms with E-state index in [0.29, 0.717) is 21.6 Å². The summed E-state index contributed by atoms with van der Waals surface area (Å²) in [6, 6.07) is 13.1. The molecular formula is C21H19N5O2S2. The quantitative estimate of drug-likeness (QED) is 0.400. The van der Waals surface area contributed by atoms with Crippen LogP contribution >= 0.6 is 22.7 Å². The highest BCUT2D eigenvalue weighted by molar-refractivity contribution is 7.22. The average Bonchev–Trinajstić information content (AvgIpc) is 3.28. The number of nitrogens with zero attached hydrogens (tertiary/aromatic N) is 2. The van der Waals surface area contributed by atoms with Gasteiger partial charge in [-0.2, -0.15) is 0 Å². The number of thiazole rings is 2. The maximum absolute atomic E-state index is 12.4. The Balaban J connectivity index is 1.33. The van der Waals surface area contributed by atoms with E-state index in [9.17, 15) is 9.59 Å². The second-order valence-corrected chi connectivity index (χ2v) is 8.65. The number of hydrogen-bond acceptors (Lipinski definition) is 6. The fraction of sp³-hybridized carbons (Fsp3) is 0.143. The van der Waals surface area contributed by atoms with Crippen molar-refractivity contribution in [3.8, 4) is 0 Å². The van der Waals surface area contributed by atoms with Gasteiger partial charge in [0.15, 0.2) is 10.3 Å². The van der Waals surface area contributed by atoms with Gasteiger partial charge in [0.1, 0.15) is 0 Å². The molecule has 3 N–H and O–H groups in total. The predicted octanol–water partition coefficient (Wildman–Crippen LogP) is 5.19. The van der Waals surface area contributed by atoms with Crippen LogP contribution in [0.5, 0.6) is 0 Å². The zero-order valence-electron chi connectivity index (χ0n) is 16.4. The van der Waals surface area contributed by atoms with Gasteiger partial charge >= 0.3 is 6.03 Å². The Bertz CT molecular complexity index is 1230. The van der Waals surface area contributed by atoms with Crippen LogP contribution in [0.3, 0.4) is 0 Å². The van der Waals surface area contributed by atoms with Crippen molar-refractivity contribution in [1.29, 1.82) is 0 Å². The minimum absolute atomic E-state index is 0.104. The summed E-state index contributed by atoms with van der Waals surface area (Å²) in [7, 11) is 0. The molecule has 152 valence electrons. The van der Waals surface area contributed by atoms with E-state index in [1.807, 2.05) is 56.3 Å². The number of rotatable bonds is 5. The molecule has 3 amide bonds. The zero-order valence-corrected chi connectivity index (χ0v) is 18.0. The van der Waals surface area contributed by atoms with Crippen LogP contribution in [0, 0.1) is 13.8 Å². The highest BCUT2D eigenvalue weighted by Crippen LogP contribution is 2.28. The molecule has 0 bridgehead atoms. The minimum atomic E-state index is -0.379. The highest BCUT2D eigenvalue weighted by Gasteiger charge is 2.13. The van der Waals surface area contributed by atoms with E-state index >= 15 is 0 Å². The number of fused-ring (bicyclic) bond motifs is 1. The van der Waals surface area contributed by atoms with Crippen LogP contribution in [0.15, 0.2) is 47.8 Å². The third kappa shape index (κ3) is 4.81. The molecule has 9 heteroatoms. The molecule has 0 saturated carbocycles. The first-order valence-electron chi connectivity index (χ1n) is 9.21. The van der Waals surface area contributed by atoms with Gasteiger partial charge in [0.25, 0.3) is 0 Å². The number of anilines is 3. The lowest BCUT2D eigenvalue weighted by molar-refractivity contribution is -0.115. The summed E-state index contributed by atoms with van der Waals surface area (Å²) in [6.45, 7) is 3.95. The summed E-state index contributed by atoms with van der Waals surface area (Å²) >= 11 is 2.71. The molecule has 4 rings (SSSR count). The van der Waals surface area contributed by atoms with E-state index in [-0.39, 0.29) is 18.4 Å². The molecule has 0 fully saturated rings. The number of aryl methyl sites for hydroxylation is 2. The van der Waals surface area contributed by atoms with E-state index in [1.165, 1.54) is 22.7 Å². The second kappa shape index (κ2) is 8.60. The average molecular weight is 438 g/mol. The maximum atomic E-state index is 12.4. The third-order valence-electron chi connectivity index (χ3n) is 4.26. The van der Waals surface area contributed by atoms with E-state index in [0.717, 1.165) is 21.3 Å². The number of hydrogen-bond donors (Lipinski definition) is 3. The van der Waals surface area contributed by atoms with Crippen molar-refractivity contribution in [3.05, 3.63) is 64.7 Å². The molecule has 0 saturated heterocycles. The second-order valence-electron chi connectivity index (χ2n) is 6.76. The molecular weight excluding hydrogens is 418 g/mol. The summed E-state index contributed by atoms with van der Waals surface area (Å²) in [5.41, 5.74) is 4.31. The van der Waals surface area contributed by atoms with E-state index < -0.39 is 0 Å². The molecule has 0 unspecified atom stereocenters. The lowest BCUT2D eigenvalue weighted by Crippen LogP contribution is -2.19. The summed E-state index contributed by atoms with van der Waals surface area (Å²) in [6.07, 6.45) is 0.104. The summed E-state index contributed by atoms with van der Waals surface area (Å²) in [5, 5.41) is 11.0. The van der Waals surface area contributed by atoms with E-state index in [2.05, 4.69) is 25.9 Å². The molecule has 0 aliphatic heterocycles. The molecule has 2 aromatic carbocycles. The largest absolute Gasteiger partial charge is 0.325 e. The molecule has 2 heterocycles. The molecule has 0 aliphatic carbocycles. The van der Waals surface area contributed by atoms with Gasteiger partial charge in [0.05, 0.1) is 22.3 Å². The standard InChI is InChI=1S/C21H19N5O2S2/c1-12-5-3-7-14(9-12)22-19(28)26-20-23-15(11-29-20)10-17(27)24-21-25-18-13(2)6-4-8-16(18)30-21/h3-9,11H,10H2,1-2H3,(H,24,25,27)(H2,22,23,26,28). The monoisotopic (exact) mass is 437 g/mol. The Hall–Kier alpha value is -3.30. The molecule has 0 atom stereocenters. The number of benzene rings is 2. The predicted molar refractivity (Wildman–Crippen MR) is 123 cm³/mol. The van der Waals surface area contributed by atoms with Crippen LogP contribution in [0.1, 0.15) is 16.8 Å². The maximum Gasteiger partial charge on any atom is 0.325 e. The summed E-state index contributed by atoms with van der Waals surface area (Å²) in [4.78, 5) is 33.3. The van der Waals surface area contributed by atoms with Gasteiger partial charge in [-0.15, -0.1) is 11.3 Å². The van der Waals surface area contributed by atoms with Crippen LogP contribution in [-0.2, 0) is 11.2 Å². The molecule has 0 aliphatic rings. The minimum Gasteiger partial charge on any atom is -0.308 e. The molecule has 0 spiro atoms. The fourth-order valence-electron chi connectivity index (χ4n) is 2.90. The Morgan fingerprint density at radius 2 is 1.80 bits per heavy atom. The first-order valence-corrected chi connectivity index (χ1v) is 10.9. The van der Waals surface area contributed by atoms with Crippen LogP contribution in [0.25, 0.3) is 10.2 Å². The van der Waals surface area contributed by atoms with Gasteiger partial charge in [-0.05, 0) is 43.2 Å². The van der Waals surface area contributed by atoms with Crippen molar-refractivity contribution in [2.75, 3.05) is 16.0 Å². The van der Waals surface area contributed by atoms with Crippen molar-refractivity contribution in [1.82, 2.24) is 9.97 Å². The van der Waals surface area contributed by atoms with Gasteiger partial charge < -0.3 is 10.6 Å². The van der Waals surface area contributed by atoms with Crippen molar-refractivity contribution >= 4 is 60.8 Å². The summed E-state index contributed by atoms with van der Waals surface area (Å²) in [5.74, 6) is -0.201.